The van der Waals surface area contributed by atoms with E-state index in [9.17, 15) is 0 Å². The van der Waals surface area contributed by atoms with E-state index in [1.807, 2.05) is 24.3 Å². The lowest BCUT2D eigenvalue weighted by Gasteiger charge is -2.31. The minimum atomic E-state index is 0.660. The molecule has 0 radical (unpaired) electrons. The monoisotopic (exact) mass is 338 g/mol. The standard InChI is InChI=1S/C18H22N6O/c1-12-4-3-9-24(11-12)18-21-16(15-10-19-23-17(15)22-18)20-13-5-7-14(25-2)8-6-13/h5-8,10,12H,3-4,9,11H2,1-2H3,(H2,19,20,21,22,23)/t12-/m0/s1. The number of piperidine rings is 1. The highest BCUT2D eigenvalue weighted by Crippen LogP contribution is 2.28. The molecule has 2 N–H and O–H groups in total. The second-order valence-corrected chi connectivity index (χ2v) is 6.55. The predicted octanol–water partition coefficient (Wildman–Crippen LogP) is 3.34. The first-order valence-electron chi connectivity index (χ1n) is 8.60. The average molecular weight is 338 g/mol. The zero-order valence-corrected chi connectivity index (χ0v) is 14.5. The molecule has 0 saturated carbocycles. The fourth-order valence-electron chi connectivity index (χ4n) is 3.24. The van der Waals surface area contributed by atoms with Crippen molar-refractivity contribution in [3.05, 3.63) is 30.5 Å². The van der Waals surface area contributed by atoms with Crippen LogP contribution in [-0.4, -0.2) is 40.4 Å². The molecule has 3 aromatic rings. The van der Waals surface area contributed by atoms with Gasteiger partial charge in [-0.05, 0) is 43.0 Å². The van der Waals surface area contributed by atoms with Gasteiger partial charge >= 0.3 is 0 Å². The molecule has 0 unspecified atom stereocenters. The third kappa shape index (κ3) is 3.22. The number of hydrogen-bond acceptors (Lipinski definition) is 6. The molecule has 1 aromatic carbocycles. The van der Waals surface area contributed by atoms with Crippen LogP contribution in [0.4, 0.5) is 17.5 Å². The van der Waals surface area contributed by atoms with Gasteiger partial charge in [-0.1, -0.05) is 6.92 Å². The van der Waals surface area contributed by atoms with Crippen molar-refractivity contribution in [2.75, 3.05) is 30.4 Å². The summed E-state index contributed by atoms with van der Waals surface area (Å²) in [4.78, 5) is 11.7. The van der Waals surface area contributed by atoms with Crippen molar-refractivity contribution in [1.29, 1.82) is 0 Å². The molecule has 0 bridgehead atoms. The number of hydrogen-bond donors (Lipinski definition) is 2. The van der Waals surface area contributed by atoms with Crippen LogP contribution in [0.1, 0.15) is 19.8 Å². The maximum absolute atomic E-state index is 5.21. The summed E-state index contributed by atoms with van der Waals surface area (Å²) in [5.41, 5.74) is 1.69. The van der Waals surface area contributed by atoms with E-state index in [-0.39, 0.29) is 0 Å². The summed E-state index contributed by atoms with van der Waals surface area (Å²) >= 11 is 0. The molecule has 130 valence electrons. The molecule has 7 heteroatoms. The molecule has 4 rings (SSSR count). The Morgan fingerprint density at radius 3 is 2.84 bits per heavy atom. The number of anilines is 3. The minimum Gasteiger partial charge on any atom is -0.497 e. The van der Waals surface area contributed by atoms with Gasteiger partial charge in [0.15, 0.2) is 5.65 Å². The van der Waals surface area contributed by atoms with Crippen LogP contribution >= 0.6 is 0 Å². The van der Waals surface area contributed by atoms with Crippen LogP contribution in [0.15, 0.2) is 30.5 Å². The molecule has 1 fully saturated rings. The van der Waals surface area contributed by atoms with Crippen molar-refractivity contribution >= 4 is 28.5 Å². The molecule has 1 aliphatic heterocycles. The summed E-state index contributed by atoms with van der Waals surface area (Å²) in [6.45, 7) is 4.25. The Hall–Kier alpha value is -2.83. The zero-order chi connectivity index (χ0) is 17.2. The van der Waals surface area contributed by atoms with E-state index in [1.54, 1.807) is 13.3 Å². The quantitative estimate of drug-likeness (QED) is 0.759. The Morgan fingerprint density at radius 1 is 1.24 bits per heavy atom. The van der Waals surface area contributed by atoms with E-state index in [1.165, 1.54) is 12.8 Å². The average Bonchev–Trinajstić information content (AvgIpc) is 3.11. The molecule has 3 heterocycles. The number of fused-ring (bicyclic) bond motifs is 1. The second-order valence-electron chi connectivity index (χ2n) is 6.55. The zero-order valence-electron chi connectivity index (χ0n) is 14.5. The van der Waals surface area contributed by atoms with Gasteiger partial charge in [-0.15, -0.1) is 0 Å². The molecule has 0 amide bonds. The summed E-state index contributed by atoms with van der Waals surface area (Å²) in [5, 5.41) is 11.4. The molecule has 0 aliphatic carbocycles. The minimum absolute atomic E-state index is 0.660. The molecular formula is C18H22N6O. The Morgan fingerprint density at radius 2 is 2.08 bits per heavy atom. The second kappa shape index (κ2) is 6.58. The topological polar surface area (TPSA) is 79.0 Å². The summed E-state index contributed by atoms with van der Waals surface area (Å²) in [6.07, 6.45) is 4.19. The molecule has 25 heavy (non-hydrogen) atoms. The highest BCUT2D eigenvalue weighted by molar-refractivity contribution is 5.89. The Bertz CT molecular complexity index is 860. The van der Waals surface area contributed by atoms with Gasteiger partial charge in [0.05, 0.1) is 18.7 Å². The third-order valence-electron chi connectivity index (χ3n) is 4.59. The van der Waals surface area contributed by atoms with Gasteiger partial charge in [0.2, 0.25) is 5.95 Å². The van der Waals surface area contributed by atoms with E-state index in [4.69, 9.17) is 9.72 Å². The largest absolute Gasteiger partial charge is 0.497 e. The van der Waals surface area contributed by atoms with Crippen LogP contribution in [-0.2, 0) is 0 Å². The highest BCUT2D eigenvalue weighted by atomic mass is 16.5. The smallest absolute Gasteiger partial charge is 0.229 e. The Balaban J connectivity index is 1.67. The van der Waals surface area contributed by atoms with Gasteiger partial charge in [-0.25, -0.2) is 0 Å². The van der Waals surface area contributed by atoms with E-state index in [2.05, 4.69) is 32.3 Å². The number of aromatic amines is 1. The van der Waals surface area contributed by atoms with Gasteiger partial charge in [-0.3, -0.25) is 5.10 Å². The summed E-state index contributed by atoms with van der Waals surface area (Å²) in [6, 6.07) is 7.78. The lowest BCUT2D eigenvalue weighted by Crippen LogP contribution is -2.35. The number of aromatic nitrogens is 4. The predicted molar refractivity (Wildman–Crippen MR) is 98.6 cm³/mol. The molecule has 1 saturated heterocycles. The number of nitrogens with zero attached hydrogens (tertiary/aromatic N) is 4. The number of methoxy groups -OCH3 is 1. The summed E-state index contributed by atoms with van der Waals surface area (Å²) < 4.78 is 5.21. The van der Waals surface area contributed by atoms with Gasteiger partial charge < -0.3 is 15.0 Å². The molecule has 7 nitrogen and oxygen atoms in total. The van der Waals surface area contributed by atoms with Crippen LogP contribution in [0.3, 0.4) is 0 Å². The summed E-state index contributed by atoms with van der Waals surface area (Å²) in [7, 11) is 1.66. The van der Waals surface area contributed by atoms with Gasteiger partial charge in [0, 0.05) is 18.8 Å². The van der Waals surface area contributed by atoms with E-state index >= 15 is 0 Å². The normalized spacial score (nSPS) is 17.7. The number of rotatable bonds is 4. The molecular weight excluding hydrogens is 316 g/mol. The van der Waals surface area contributed by atoms with Crippen LogP contribution in [0.2, 0.25) is 0 Å². The van der Waals surface area contributed by atoms with Crippen molar-refractivity contribution in [3.8, 4) is 5.75 Å². The first-order chi connectivity index (χ1) is 12.2. The summed E-state index contributed by atoms with van der Waals surface area (Å²) in [5.74, 6) is 2.99. The number of nitrogens with one attached hydrogen (secondary N) is 2. The Kier molecular flexibility index (Phi) is 4.13. The van der Waals surface area contributed by atoms with Gasteiger partial charge in [-0.2, -0.15) is 15.1 Å². The van der Waals surface area contributed by atoms with Crippen LogP contribution in [0.25, 0.3) is 11.0 Å². The maximum atomic E-state index is 5.21. The van der Waals surface area contributed by atoms with E-state index in [0.717, 1.165) is 47.3 Å². The van der Waals surface area contributed by atoms with Gasteiger partial charge in [0.25, 0.3) is 0 Å². The third-order valence-corrected chi connectivity index (χ3v) is 4.59. The van der Waals surface area contributed by atoms with Gasteiger partial charge in [0.1, 0.15) is 11.6 Å². The lowest BCUT2D eigenvalue weighted by molar-refractivity contribution is 0.415. The van der Waals surface area contributed by atoms with Crippen molar-refractivity contribution in [1.82, 2.24) is 20.2 Å². The van der Waals surface area contributed by atoms with Crippen LogP contribution in [0.5, 0.6) is 5.75 Å². The van der Waals surface area contributed by atoms with Crippen molar-refractivity contribution < 1.29 is 4.74 Å². The highest BCUT2D eigenvalue weighted by Gasteiger charge is 2.20. The fraction of sp³-hybridized carbons (Fsp3) is 0.389. The Labute approximate surface area is 146 Å². The van der Waals surface area contributed by atoms with E-state index < -0.39 is 0 Å². The number of H-pyrrole nitrogens is 1. The molecule has 1 aliphatic rings. The van der Waals surface area contributed by atoms with Crippen LogP contribution < -0.4 is 15.0 Å². The molecule has 0 spiro atoms. The fourth-order valence-corrected chi connectivity index (χ4v) is 3.24. The molecule has 1 atom stereocenters. The number of ether oxygens (including phenoxy) is 1. The van der Waals surface area contributed by atoms with Crippen molar-refractivity contribution in [3.63, 3.8) is 0 Å². The lowest BCUT2D eigenvalue weighted by atomic mass is 10.0. The number of benzene rings is 1. The SMILES string of the molecule is COc1ccc(Nc2nc(N3CCC[C@H](C)C3)nc3[nH]ncc23)cc1. The van der Waals surface area contributed by atoms with Crippen molar-refractivity contribution in [2.24, 2.45) is 5.92 Å². The van der Waals surface area contributed by atoms with Crippen molar-refractivity contribution in [2.45, 2.75) is 19.8 Å². The first kappa shape index (κ1) is 15.7. The maximum Gasteiger partial charge on any atom is 0.229 e. The molecule has 2 aromatic heterocycles. The van der Waals surface area contributed by atoms with Crippen LogP contribution in [0, 0.1) is 5.92 Å². The first-order valence-corrected chi connectivity index (χ1v) is 8.60. The van der Waals surface area contributed by atoms with E-state index in [0.29, 0.717) is 5.92 Å².